The summed E-state index contributed by atoms with van der Waals surface area (Å²) in [5, 5.41) is 13.5. The van der Waals surface area contributed by atoms with Crippen molar-refractivity contribution in [3.8, 4) is 11.4 Å². The first-order valence-corrected chi connectivity index (χ1v) is 5.87. The molecule has 2 aromatic rings. The number of carbonyl (C=O) groups excluding carboxylic acids is 1. The minimum Gasteiger partial charge on any atom is -0.466 e. The second kappa shape index (κ2) is 4.25. The first kappa shape index (κ1) is 10.9. The Morgan fingerprint density at radius 2 is 2.50 bits per heavy atom. The molecule has 94 valence electrons. The highest BCUT2D eigenvalue weighted by Crippen LogP contribution is 2.46. The van der Waals surface area contributed by atoms with E-state index in [2.05, 4.69) is 25.4 Å². The van der Waals surface area contributed by atoms with E-state index in [9.17, 15) is 4.79 Å². The van der Waals surface area contributed by atoms with Gasteiger partial charge in [-0.05, 0) is 13.3 Å². The van der Waals surface area contributed by atoms with Gasteiger partial charge in [0, 0.05) is 12.1 Å². The van der Waals surface area contributed by atoms with Gasteiger partial charge in [0.1, 0.15) is 5.82 Å². The topological polar surface area (TPSA) is 96.6 Å². The van der Waals surface area contributed by atoms with Gasteiger partial charge in [0.15, 0.2) is 5.82 Å². The molecule has 2 N–H and O–H groups in total. The quantitative estimate of drug-likeness (QED) is 0.781. The smallest absolute Gasteiger partial charge is 0.309 e. The molecule has 0 aliphatic heterocycles. The molecule has 7 heteroatoms. The molecule has 0 unspecified atom stereocenters. The zero-order valence-electron chi connectivity index (χ0n) is 9.88. The molecule has 1 fully saturated rings. The van der Waals surface area contributed by atoms with Gasteiger partial charge in [-0.15, -0.1) is 0 Å². The summed E-state index contributed by atoms with van der Waals surface area (Å²) in [5.41, 5.74) is 0.825. The third-order valence-corrected chi connectivity index (χ3v) is 2.99. The van der Waals surface area contributed by atoms with Crippen LogP contribution in [0.3, 0.4) is 0 Å². The average molecular weight is 247 g/mol. The van der Waals surface area contributed by atoms with Crippen molar-refractivity contribution in [2.45, 2.75) is 19.3 Å². The number of nitrogens with one attached hydrogen (secondary N) is 2. The second-order valence-electron chi connectivity index (χ2n) is 4.23. The number of aromatic nitrogens is 5. The number of hydrogen-bond acceptors (Lipinski definition) is 5. The number of aromatic amines is 2. The molecular weight excluding hydrogens is 234 g/mol. The van der Waals surface area contributed by atoms with E-state index in [-0.39, 0.29) is 17.8 Å². The Balaban J connectivity index is 1.71. The molecule has 0 amide bonds. The number of carbonyl (C=O) groups is 1. The zero-order chi connectivity index (χ0) is 12.5. The molecule has 18 heavy (non-hydrogen) atoms. The molecule has 0 radical (unpaired) electrons. The molecule has 0 bridgehead atoms. The maximum atomic E-state index is 11.5. The van der Waals surface area contributed by atoms with Gasteiger partial charge in [0.2, 0.25) is 0 Å². The lowest BCUT2D eigenvalue weighted by Crippen LogP contribution is -2.07. The number of nitrogens with zero attached hydrogens (tertiary/aromatic N) is 3. The standard InChI is InChI=1S/C11H13N5O2/c1-2-18-11(17)8-3-7(8)10-14-9(15-16-10)6-4-12-13-5-6/h4-5,7-8H,2-3H2,1H3,(H,12,13)(H,14,15,16)/t7-,8-/m1/s1. The lowest BCUT2D eigenvalue weighted by atomic mass is 10.3. The Labute approximate surface area is 103 Å². The Hall–Kier alpha value is -2.18. The van der Waals surface area contributed by atoms with Crippen LogP contribution < -0.4 is 0 Å². The van der Waals surface area contributed by atoms with Crippen LogP contribution in [0.5, 0.6) is 0 Å². The minimum atomic E-state index is -0.149. The van der Waals surface area contributed by atoms with Crippen LogP contribution in [0, 0.1) is 5.92 Å². The van der Waals surface area contributed by atoms with Crippen molar-refractivity contribution in [1.82, 2.24) is 25.4 Å². The Kier molecular flexibility index (Phi) is 2.58. The highest BCUT2D eigenvalue weighted by Gasteiger charge is 2.47. The Bertz CT molecular complexity index is 548. The summed E-state index contributed by atoms with van der Waals surface area (Å²) in [6.45, 7) is 2.22. The Morgan fingerprint density at radius 1 is 1.61 bits per heavy atom. The van der Waals surface area contributed by atoms with E-state index in [1.54, 1.807) is 19.3 Å². The normalized spacial score (nSPS) is 21.8. The molecule has 0 aromatic carbocycles. The van der Waals surface area contributed by atoms with Crippen molar-refractivity contribution in [2.75, 3.05) is 6.61 Å². The van der Waals surface area contributed by atoms with E-state index in [1.165, 1.54) is 0 Å². The average Bonchev–Trinajstić information content (AvgIpc) is 2.82. The van der Waals surface area contributed by atoms with Gasteiger partial charge in [0.05, 0.1) is 24.3 Å². The van der Waals surface area contributed by atoms with Crippen LogP contribution in [0.25, 0.3) is 11.4 Å². The first-order valence-electron chi connectivity index (χ1n) is 5.87. The summed E-state index contributed by atoms with van der Waals surface area (Å²) < 4.78 is 4.98. The van der Waals surface area contributed by atoms with Crippen LogP contribution in [-0.4, -0.2) is 38.0 Å². The summed E-state index contributed by atoms with van der Waals surface area (Å²) >= 11 is 0. The molecule has 7 nitrogen and oxygen atoms in total. The monoisotopic (exact) mass is 247 g/mol. The summed E-state index contributed by atoms with van der Waals surface area (Å²) in [7, 11) is 0. The highest BCUT2D eigenvalue weighted by atomic mass is 16.5. The van der Waals surface area contributed by atoms with E-state index >= 15 is 0 Å². The van der Waals surface area contributed by atoms with Crippen LogP contribution >= 0.6 is 0 Å². The van der Waals surface area contributed by atoms with Gasteiger partial charge in [-0.25, -0.2) is 4.98 Å². The first-order chi connectivity index (χ1) is 8.79. The molecule has 3 rings (SSSR count). The van der Waals surface area contributed by atoms with Crippen molar-refractivity contribution in [1.29, 1.82) is 0 Å². The molecule has 2 atom stereocenters. The van der Waals surface area contributed by atoms with E-state index < -0.39 is 0 Å². The van der Waals surface area contributed by atoms with Gasteiger partial charge in [0.25, 0.3) is 0 Å². The maximum Gasteiger partial charge on any atom is 0.309 e. The third kappa shape index (κ3) is 1.87. The van der Waals surface area contributed by atoms with E-state index in [1.807, 2.05) is 0 Å². The third-order valence-electron chi connectivity index (χ3n) is 2.99. The van der Waals surface area contributed by atoms with Gasteiger partial charge in [-0.3, -0.25) is 15.0 Å². The fraction of sp³-hybridized carbons (Fsp3) is 0.455. The fourth-order valence-corrected chi connectivity index (χ4v) is 1.95. The minimum absolute atomic E-state index is 0.0740. The zero-order valence-corrected chi connectivity index (χ0v) is 9.88. The number of H-pyrrole nitrogens is 2. The maximum absolute atomic E-state index is 11.5. The number of rotatable bonds is 4. The van der Waals surface area contributed by atoms with Crippen LogP contribution in [0.1, 0.15) is 25.1 Å². The van der Waals surface area contributed by atoms with E-state index in [4.69, 9.17) is 4.74 Å². The van der Waals surface area contributed by atoms with Crippen LogP contribution in [0.15, 0.2) is 12.4 Å². The van der Waals surface area contributed by atoms with Gasteiger partial charge in [-0.1, -0.05) is 0 Å². The predicted octanol–water partition coefficient (Wildman–Crippen LogP) is 0.861. The lowest BCUT2D eigenvalue weighted by molar-refractivity contribution is -0.144. The van der Waals surface area contributed by atoms with Crippen molar-refractivity contribution < 1.29 is 9.53 Å². The fourth-order valence-electron chi connectivity index (χ4n) is 1.95. The molecular formula is C11H13N5O2. The van der Waals surface area contributed by atoms with Crippen LogP contribution in [-0.2, 0) is 9.53 Å². The Morgan fingerprint density at radius 3 is 3.22 bits per heavy atom. The molecule has 1 aliphatic carbocycles. The highest BCUT2D eigenvalue weighted by molar-refractivity contribution is 5.77. The van der Waals surface area contributed by atoms with Gasteiger partial charge in [-0.2, -0.15) is 10.2 Å². The van der Waals surface area contributed by atoms with E-state index in [0.717, 1.165) is 17.8 Å². The predicted molar refractivity (Wildman–Crippen MR) is 61.4 cm³/mol. The van der Waals surface area contributed by atoms with Crippen LogP contribution in [0.2, 0.25) is 0 Å². The van der Waals surface area contributed by atoms with Crippen molar-refractivity contribution in [3.05, 3.63) is 18.2 Å². The molecule has 1 saturated carbocycles. The summed E-state index contributed by atoms with van der Waals surface area (Å²) in [4.78, 5) is 15.9. The van der Waals surface area contributed by atoms with Gasteiger partial charge < -0.3 is 4.74 Å². The van der Waals surface area contributed by atoms with Gasteiger partial charge >= 0.3 is 5.97 Å². The lowest BCUT2D eigenvalue weighted by Gasteiger charge is -1.98. The molecule has 0 spiro atoms. The van der Waals surface area contributed by atoms with E-state index in [0.29, 0.717) is 12.4 Å². The number of hydrogen-bond donors (Lipinski definition) is 2. The number of ether oxygens (including phenoxy) is 1. The van der Waals surface area contributed by atoms with Crippen molar-refractivity contribution >= 4 is 5.97 Å². The van der Waals surface area contributed by atoms with Crippen LogP contribution in [0.4, 0.5) is 0 Å². The molecule has 1 aliphatic rings. The summed E-state index contributed by atoms with van der Waals surface area (Å²) in [6, 6.07) is 0. The van der Waals surface area contributed by atoms with Crippen molar-refractivity contribution in [2.24, 2.45) is 5.92 Å². The molecule has 0 saturated heterocycles. The molecule has 2 aromatic heterocycles. The largest absolute Gasteiger partial charge is 0.466 e. The summed E-state index contributed by atoms with van der Waals surface area (Å²) in [5.74, 6) is 1.22. The van der Waals surface area contributed by atoms with Crippen molar-refractivity contribution in [3.63, 3.8) is 0 Å². The number of esters is 1. The molecule has 2 heterocycles. The SMILES string of the molecule is CCOC(=O)[C@@H]1C[C@H]1c1nc(-c2cn[nH]c2)n[nH]1. The summed E-state index contributed by atoms with van der Waals surface area (Å²) in [6.07, 6.45) is 4.16. The second-order valence-corrected chi connectivity index (χ2v) is 4.23.